The molecule has 10 heteroatoms. The van der Waals surface area contributed by atoms with Crippen LogP contribution in [0.1, 0.15) is 21.6 Å². The maximum atomic E-state index is 12.9. The number of rotatable bonds is 2. The Balaban J connectivity index is 2.79. The second kappa shape index (κ2) is 6.27. The van der Waals surface area contributed by atoms with Crippen LogP contribution in [-0.2, 0) is 18.0 Å². The number of ether oxygens (including phenoxy) is 1. The van der Waals surface area contributed by atoms with Crippen LogP contribution in [0.15, 0.2) is 33.9 Å². The highest BCUT2D eigenvalue weighted by Gasteiger charge is 2.35. The average molecular weight is 353 g/mol. The molecule has 1 aromatic heterocycles. The van der Waals surface area contributed by atoms with Gasteiger partial charge in [0, 0.05) is 13.1 Å². The van der Waals surface area contributed by atoms with Gasteiger partial charge in [0.1, 0.15) is 11.8 Å². The van der Waals surface area contributed by atoms with Crippen LogP contribution in [0.2, 0.25) is 0 Å². The Morgan fingerprint density at radius 3 is 2.40 bits per heavy atom. The third-order valence-electron chi connectivity index (χ3n) is 3.40. The monoisotopic (exact) mass is 353 g/mol. The lowest BCUT2D eigenvalue weighted by Gasteiger charge is -2.14. The molecule has 0 aliphatic rings. The van der Waals surface area contributed by atoms with Crippen molar-refractivity contribution in [3.05, 3.63) is 61.9 Å². The summed E-state index contributed by atoms with van der Waals surface area (Å²) in [6.07, 6.45) is -4.88. The average Bonchev–Trinajstić information content (AvgIpc) is 2.56. The van der Waals surface area contributed by atoms with Crippen molar-refractivity contribution in [2.45, 2.75) is 6.18 Å². The molecule has 130 valence electrons. The molecule has 0 radical (unpaired) electrons. The van der Waals surface area contributed by atoms with Crippen LogP contribution in [0.3, 0.4) is 0 Å². The van der Waals surface area contributed by atoms with Crippen molar-refractivity contribution in [2.24, 2.45) is 7.05 Å². The number of carbonyl (C=O) groups excluding carboxylic acids is 1. The molecule has 1 aromatic carbocycles. The molecule has 0 bridgehead atoms. The van der Waals surface area contributed by atoms with Crippen molar-refractivity contribution in [1.29, 1.82) is 5.26 Å². The first kappa shape index (κ1) is 18.0. The van der Waals surface area contributed by atoms with Crippen molar-refractivity contribution < 1.29 is 22.7 Å². The molecule has 2 aromatic rings. The number of hydrogen-bond acceptors (Lipinski definition) is 5. The van der Waals surface area contributed by atoms with E-state index in [2.05, 4.69) is 4.74 Å². The predicted molar refractivity (Wildman–Crippen MR) is 78.3 cm³/mol. The Morgan fingerprint density at radius 2 is 1.88 bits per heavy atom. The molecule has 0 unspecified atom stereocenters. The number of halogens is 3. The lowest BCUT2D eigenvalue weighted by atomic mass is 10.1. The number of hydrogen-bond donors (Lipinski definition) is 0. The molecule has 0 amide bonds. The summed E-state index contributed by atoms with van der Waals surface area (Å²) < 4.78 is 43.8. The summed E-state index contributed by atoms with van der Waals surface area (Å²) in [4.78, 5) is 35.9. The third kappa shape index (κ3) is 3.16. The fourth-order valence-electron chi connectivity index (χ4n) is 2.18. The highest BCUT2D eigenvalue weighted by Crippen LogP contribution is 2.27. The van der Waals surface area contributed by atoms with Crippen LogP contribution in [0.5, 0.6) is 0 Å². The van der Waals surface area contributed by atoms with E-state index in [4.69, 9.17) is 5.26 Å². The van der Waals surface area contributed by atoms with Crippen LogP contribution in [0, 0.1) is 11.3 Å². The molecule has 0 saturated carbocycles. The molecule has 25 heavy (non-hydrogen) atoms. The lowest BCUT2D eigenvalue weighted by Crippen LogP contribution is -2.40. The fraction of sp³-hybridized carbons (Fsp3) is 0.200. The van der Waals surface area contributed by atoms with Crippen molar-refractivity contribution in [3.63, 3.8) is 0 Å². The first-order valence-corrected chi connectivity index (χ1v) is 6.65. The topological polar surface area (TPSA) is 94.1 Å². The maximum absolute atomic E-state index is 12.9. The first-order valence-electron chi connectivity index (χ1n) is 6.65. The van der Waals surface area contributed by atoms with Crippen LogP contribution >= 0.6 is 0 Å². The summed E-state index contributed by atoms with van der Waals surface area (Å²) >= 11 is 0. The number of esters is 1. The number of carbonyl (C=O) groups is 1. The van der Waals surface area contributed by atoms with Gasteiger partial charge in [-0.2, -0.15) is 18.4 Å². The molecule has 2 rings (SSSR count). The number of aromatic nitrogens is 2. The van der Waals surface area contributed by atoms with Gasteiger partial charge < -0.3 is 4.74 Å². The Bertz CT molecular complexity index is 1010. The third-order valence-corrected chi connectivity index (χ3v) is 3.40. The zero-order valence-corrected chi connectivity index (χ0v) is 12.9. The highest BCUT2D eigenvalue weighted by molar-refractivity contribution is 5.92. The van der Waals surface area contributed by atoms with E-state index in [1.54, 1.807) is 6.07 Å². The summed E-state index contributed by atoms with van der Waals surface area (Å²) in [7, 11) is 1.94. The molecule has 1 heterocycles. The van der Waals surface area contributed by atoms with Crippen molar-refractivity contribution in [3.8, 4) is 11.8 Å². The Morgan fingerprint density at radius 1 is 1.24 bits per heavy atom. The summed E-state index contributed by atoms with van der Waals surface area (Å²) in [5.74, 6) is -0.893. The Kier molecular flexibility index (Phi) is 4.52. The van der Waals surface area contributed by atoms with Crippen LogP contribution in [0.25, 0.3) is 5.69 Å². The number of methoxy groups -OCH3 is 1. The van der Waals surface area contributed by atoms with Gasteiger partial charge in [-0.05, 0) is 18.2 Å². The second-order valence-corrected chi connectivity index (χ2v) is 4.88. The Labute approximate surface area is 138 Å². The van der Waals surface area contributed by atoms with E-state index in [-0.39, 0.29) is 27.4 Å². The minimum absolute atomic E-state index is 0.0765. The summed E-state index contributed by atoms with van der Waals surface area (Å²) in [5, 5.41) is 8.99. The van der Waals surface area contributed by atoms with Gasteiger partial charge in [0.25, 0.3) is 5.56 Å². The number of benzene rings is 1. The van der Waals surface area contributed by atoms with E-state index in [0.29, 0.717) is 4.57 Å². The number of nitrogens with zero attached hydrogens (tertiary/aromatic N) is 3. The van der Waals surface area contributed by atoms with Crippen LogP contribution < -0.4 is 11.2 Å². The molecule has 0 atom stereocenters. The number of alkyl halides is 3. The van der Waals surface area contributed by atoms with Crippen LogP contribution in [-0.4, -0.2) is 22.2 Å². The van der Waals surface area contributed by atoms with Crippen molar-refractivity contribution >= 4 is 5.97 Å². The van der Waals surface area contributed by atoms with E-state index in [1.165, 1.54) is 6.07 Å². The molecule has 0 aliphatic carbocycles. The van der Waals surface area contributed by atoms with Gasteiger partial charge in [0.15, 0.2) is 0 Å². The standard InChI is InChI=1S/C15H10F3N3O4/c1-20-11(15(16,17)18)6-12(22)21(14(20)24)9-4-3-8(7-19)10(5-9)13(23)25-2/h3-6H,1-2H3. The van der Waals surface area contributed by atoms with Gasteiger partial charge in [-0.15, -0.1) is 0 Å². The quantitative estimate of drug-likeness (QED) is 0.757. The molecule has 0 N–H and O–H groups in total. The summed E-state index contributed by atoms with van der Waals surface area (Å²) in [6, 6.07) is 5.37. The van der Waals surface area contributed by atoms with Crippen molar-refractivity contribution in [1.82, 2.24) is 9.13 Å². The van der Waals surface area contributed by atoms with Crippen molar-refractivity contribution in [2.75, 3.05) is 7.11 Å². The van der Waals surface area contributed by atoms with Gasteiger partial charge in [-0.3, -0.25) is 9.36 Å². The zero-order chi connectivity index (χ0) is 18.9. The van der Waals surface area contributed by atoms with E-state index in [0.717, 1.165) is 26.3 Å². The smallest absolute Gasteiger partial charge is 0.431 e. The van der Waals surface area contributed by atoms with Crippen LogP contribution in [0.4, 0.5) is 13.2 Å². The highest BCUT2D eigenvalue weighted by atomic mass is 19.4. The Hall–Kier alpha value is -3.35. The molecule has 0 spiro atoms. The first-order chi connectivity index (χ1) is 11.6. The van der Waals surface area contributed by atoms with Gasteiger partial charge in [-0.25, -0.2) is 14.2 Å². The van der Waals surface area contributed by atoms with Gasteiger partial charge in [-0.1, -0.05) is 0 Å². The fourth-order valence-corrected chi connectivity index (χ4v) is 2.18. The molecule has 7 nitrogen and oxygen atoms in total. The van der Waals surface area contributed by atoms with E-state index in [1.807, 2.05) is 0 Å². The SMILES string of the molecule is COC(=O)c1cc(-n2c(=O)cc(C(F)(F)F)n(C)c2=O)ccc1C#N. The van der Waals surface area contributed by atoms with E-state index in [9.17, 15) is 27.6 Å². The van der Waals surface area contributed by atoms with Gasteiger partial charge in [0.2, 0.25) is 0 Å². The minimum Gasteiger partial charge on any atom is -0.465 e. The van der Waals surface area contributed by atoms with E-state index >= 15 is 0 Å². The predicted octanol–water partition coefficient (Wildman–Crippen LogP) is 1.21. The van der Waals surface area contributed by atoms with Gasteiger partial charge >= 0.3 is 17.8 Å². The maximum Gasteiger partial charge on any atom is 0.431 e. The lowest BCUT2D eigenvalue weighted by molar-refractivity contribution is -0.144. The van der Waals surface area contributed by atoms with E-state index < -0.39 is 29.1 Å². The largest absolute Gasteiger partial charge is 0.465 e. The number of nitriles is 1. The van der Waals surface area contributed by atoms with Gasteiger partial charge in [0.05, 0.1) is 23.9 Å². The summed E-state index contributed by atoms with van der Waals surface area (Å²) in [6.45, 7) is 0. The molecule has 0 fully saturated rings. The molecular weight excluding hydrogens is 343 g/mol. The molecule has 0 saturated heterocycles. The minimum atomic E-state index is -4.88. The summed E-state index contributed by atoms with van der Waals surface area (Å²) in [5.41, 5.74) is -4.35. The molecule has 0 aliphatic heterocycles. The normalized spacial score (nSPS) is 11.0. The second-order valence-electron chi connectivity index (χ2n) is 4.88. The zero-order valence-electron chi connectivity index (χ0n) is 12.9. The molecular formula is C15H10F3N3O4.